The molecular weight excluding hydrogens is 198 g/mol. The summed E-state index contributed by atoms with van der Waals surface area (Å²) in [4.78, 5) is 4.52. The molecule has 0 saturated heterocycles. The highest BCUT2D eigenvalue weighted by Gasteiger charge is 2.14. The van der Waals surface area contributed by atoms with Gasteiger partial charge in [0.1, 0.15) is 5.84 Å². The Morgan fingerprint density at radius 3 is 2.44 bits per heavy atom. The van der Waals surface area contributed by atoms with Crippen molar-refractivity contribution in [3.8, 4) is 6.19 Å². The number of nitriles is 1. The normalized spacial score (nSPS) is 13.3. The molecule has 0 saturated carbocycles. The van der Waals surface area contributed by atoms with Crippen LogP contribution in [0.3, 0.4) is 0 Å². The van der Waals surface area contributed by atoms with Crippen LogP contribution in [0.4, 0.5) is 0 Å². The van der Waals surface area contributed by atoms with Crippen molar-refractivity contribution in [1.29, 1.82) is 5.26 Å². The quantitative estimate of drug-likeness (QED) is 0.365. The first-order chi connectivity index (χ1) is 7.65. The van der Waals surface area contributed by atoms with Gasteiger partial charge in [0, 0.05) is 0 Å². The SMILES string of the molecule is CC(=N[C@H](c1ccccc1)C(C)C)NC#N. The summed E-state index contributed by atoms with van der Waals surface area (Å²) in [5.74, 6) is 1.06. The van der Waals surface area contributed by atoms with Crippen molar-refractivity contribution < 1.29 is 0 Å². The van der Waals surface area contributed by atoms with Crippen LogP contribution in [0.2, 0.25) is 0 Å². The van der Waals surface area contributed by atoms with E-state index in [1.165, 1.54) is 5.56 Å². The van der Waals surface area contributed by atoms with Crippen molar-refractivity contribution in [2.24, 2.45) is 10.9 Å². The number of nitrogens with zero attached hydrogens (tertiary/aromatic N) is 2. The Morgan fingerprint density at radius 1 is 1.31 bits per heavy atom. The maximum atomic E-state index is 8.52. The molecule has 16 heavy (non-hydrogen) atoms. The third kappa shape index (κ3) is 3.39. The zero-order chi connectivity index (χ0) is 12.0. The summed E-state index contributed by atoms with van der Waals surface area (Å²) >= 11 is 0. The van der Waals surface area contributed by atoms with E-state index >= 15 is 0 Å². The molecule has 0 unspecified atom stereocenters. The minimum atomic E-state index is 0.0991. The highest BCUT2D eigenvalue weighted by atomic mass is 15.0. The van der Waals surface area contributed by atoms with Crippen LogP contribution in [0.1, 0.15) is 32.4 Å². The van der Waals surface area contributed by atoms with Gasteiger partial charge in [-0.05, 0) is 18.4 Å². The maximum Gasteiger partial charge on any atom is 0.182 e. The summed E-state index contributed by atoms with van der Waals surface area (Å²) in [6.07, 6.45) is 1.88. The van der Waals surface area contributed by atoms with E-state index in [0.717, 1.165) is 0 Å². The molecule has 0 aliphatic rings. The summed E-state index contributed by atoms with van der Waals surface area (Å²) in [7, 11) is 0. The van der Waals surface area contributed by atoms with Gasteiger partial charge < -0.3 is 0 Å². The molecule has 0 heterocycles. The van der Waals surface area contributed by atoms with Crippen molar-refractivity contribution in [2.75, 3.05) is 0 Å². The lowest BCUT2D eigenvalue weighted by Crippen LogP contribution is -2.16. The van der Waals surface area contributed by atoms with Crippen LogP contribution >= 0.6 is 0 Å². The standard InChI is InChI=1S/C13H17N3/c1-10(2)13(16-11(3)15-9-14)12-7-5-4-6-8-12/h4-8,10,13H,1-3H3,(H,15,16)/t13-/m0/s1. The summed E-state index contributed by atoms with van der Waals surface area (Å²) < 4.78 is 0. The van der Waals surface area contributed by atoms with E-state index in [2.05, 4.69) is 36.3 Å². The molecule has 1 atom stereocenters. The second kappa shape index (κ2) is 5.92. The van der Waals surface area contributed by atoms with Gasteiger partial charge in [0.05, 0.1) is 6.04 Å². The van der Waals surface area contributed by atoms with Crippen LogP contribution in [-0.4, -0.2) is 5.84 Å². The van der Waals surface area contributed by atoms with Crippen molar-refractivity contribution in [2.45, 2.75) is 26.8 Å². The molecule has 0 bridgehead atoms. The maximum absolute atomic E-state index is 8.52. The second-order valence-corrected chi connectivity index (χ2v) is 4.05. The van der Waals surface area contributed by atoms with Crippen LogP contribution < -0.4 is 5.32 Å². The number of rotatable bonds is 3. The predicted molar refractivity (Wildman–Crippen MR) is 65.9 cm³/mol. The summed E-state index contributed by atoms with van der Waals surface area (Å²) in [6, 6.07) is 10.2. The molecule has 1 rings (SSSR count). The van der Waals surface area contributed by atoms with E-state index in [4.69, 9.17) is 5.26 Å². The van der Waals surface area contributed by atoms with Crippen molar-refractivity contribution in [3.63, 3.8) is 0 Å². The lowest BCUT2D eigenvalue weighted by molar-refractivity contribution is 0.515. The molecule has 0 radical (unpaired) electrons. The first kappa shape index (κ1) is 12.3. The fourth-order valence-corrected chi connectivity index (χ4v) is 1.58. The van der Waals surface area contributed by atoms with E-state index in [-0.39, 0.29) is 6.04 Å². The molecule has 0 aliphatic carbocycles. The van der Waals surface area contributed by atoms with E-state index in [9.17, 15) is 0 Å². The molecule has 0 aromatic heterocycles. The van der Waals surface area contributed by atoms with Crippen molar-refractivity contribution in [3.05, 3.63) is 35.9 Å². The van der Waals surface area contributed by atoms with Gasteiger partial charge in [0.2, 0.25) is 0 Å². The molecule has 0 amide bonds. The average molecular weight is 215 g/mol. The molecule has 3 nitrogen and oxygen atoms in total. The molecule has 3 heteroatoms. The average Bonchev–Trinajstić information content (AvgIpc) is 2.27. The lowest BCUT2D eigenvalue weighted by Gasteiger charge is -2.17. The molecule has 0 spiro atoms. The van der Waals surface area contributed by atoms with Gasteiger partial charge in [0.25, 0.3) is 0 Å². The smallest absolute Gasteiger partial charge is 0.182 e. The van der Waals surface area contributed by atoms with Gasteiger partial charge in [-0.2, -0.15) is 5.26 Å². The molecule has 1 aromatic carbocycles. The molecular formula is C13H17N3. The topological polar surface area (TPSA) is 48.2 Å². The molecule has 1 aromatic rings. The number of amidine groups is 1. The molecule has 1 N–H and O–H groups in total. The van der Waals surface area contributed by atoms with Crippen LogP contribution in [0.25, 0.3) is 0 Å². The Kier molecular flexibility index (Phi) is 4.53. The Balaban J connectivity index is 2.94. The molecule has 84 valence electrons. The third-order valence-electron chi connectivity index (χ3n) is 2.34. The summed E-state index contributed by atoms with van der Waals surface area (Å²) in [5, 5.41) is 11.1. The Hall–Kier alpha value is -1.82. The first-order valence-electron chi connectivity index (χ1n) is 5.39. The van der Waals surface area contributed by atoms with Crippen LogP contribution in [0.5, 0.6) is 0 Å². The first-order valence-corrected chi connectivity index (χ1v) is 5.39. The highest BCUT2D eigenvalue weighted by Crippen LogP contribution is 2.25. The Bertz CT molecular complexity index is 387. The fourth-order valence-electron chi connectivity index (χ4n) is 1.58. The van der Waals surface area contributed by atoms with Crippen molar-refractivity contribution >= 4 is 5.84 Å². The lowest BCUT2D eigenvalue weighted by atomic mass is 9.97. The van der Waals surface area contributed by atoms with Gasteiger partial charge >= 0.3 is 0 Å². The summed E-state index contributed by atoms with van der Waals surface area (Å²) in [5.41, 5.74) is 1.18. The van der Waals surface area contributed by atoms with E-state index < -0.39 is 0 Å². The van der Waals surface area contributed by atoms with Crippen LogP contribution in [0, 0.1) is 17.4 Å². The van der Waals surface area contributed by atoms with Gasteiger partial charge in [-0.1, -0.05) is 44.2 Å². The largest absolute Gasteiger partial charge is 0.281 e. The number of benzene rings is 1. The van der Waals surface area contributed by atoms with Gasteiger partial charge in [-0.15, -0.1) is 0 Å². The van der Waals surface area contributed by atoms with E-state index in [1.54, 1.807) is 0 Å². The van der Waals surface area contributed by atoms with Crippen LogP contribution in [0.15, 0.2) is 35.3 Å². The highest BCUT2D eigenvalue weighted by molar-refractivity contribution is 5.81. The van der Waals surface area contributed by atoms with Gasteiger partial charge in [-0.25, -0.2) is 0 Å². The minimum Gasteiger partial charge on any atom is -0.281 e. The zero-order valence-corrected chi connectivity index (χ0v) is 9.94. The summed E-state index contributed by atoms with van der Waals surface area (Å²) in [6.45, 7) is 6.06. The molecule has 0 fully saturated rings. The van der Waals surface area contributed by atoms with Gasteiger partial charge in [0.15, 0.2) is 6.19 Å². The molecule has 0 aliphatic heterocycles. The zero-order valence-electron chi connectivity index (χ0n) is 9.94. The minimum absolute atomic E-state index is 0.0991. The van der Waals surface area contributed by atoms with Gasteiger partial charge in [-0.3, -0.25) is 10.3 Å². The Morgan fingerprint density at radius 2 is 1.94 bits per heavy atom. The third-order valence-corrected chi connectivity index (χ3v) is 2.34. The van der Waals surface area contributed by atoms with E-state index in [1.807, 2.05) is 31.3 Å². The second-order valence-electron chi connectivity index (χ2n) is 4.05. The number of hydrogen-bond donors (Lipinski definition) is 1. The number of aliphatic imine (C=N–C) groups is 1. The van der Waals surface area contributed by atoms with Crippen LogP contribution in [-0.2, 0) is 0 Å². The Labute approximate surface area is 96.8 Å². The fraction of sp³-hybridized carbons (Fsp3) is 0.385. The van der Waals surface area contributed by atoms with E-state index in [0.29, 0.717) is 11.8 Å². The monoisotopic (exact) mass is 215 g/mol. The van der Waals surface area contributed by atoms with Crippen molar-refractivity contribution in [1.82, 2.24) is 5.32 Å². The number of nitrogens with one attached hydrogen (secondary N) is 1. The predicted octanol–water partition coefficient (Wildman–Crippen LogP) is 2.87. The number of hydrogen-bond acceptors (Lipinski definition) is 2.